The van der Waals surface area contributed by atoms with Crippen molar-refractivity contribution in [3.8, 4) is 0 Å². The second-order valence-corrected chi connectivity index (χ2v) is 4.96. The zero-order valence-electron chi connectivity index (χ0n) is 10.4. The van der Waals surface area contributed by atoms with Crippen molar-refractivity contribution in [1.29, 1.82) is 0 Å². The highest BCUT2D eigenvalue weighted by Crippen LogP contribution is 2.27. The Morgan fingerprint density at radius 1 is 1.59 bits per heavy atom. The van der Waals surface area contributed by atoms with Crippen LogP contribution in [0.15, 0.2) is 16.7 Å². The summed E-state index contributed by atoms with van der Waals surface area (Å²) >= 11 is 0. The highest BCUT2D eigenvalue weighted by molar-refractivity contribution is 5.60. The number of aryl methyl sites for hydroxylation is 1. The number of furan rings is 1. The lowest BCUT2D eigenvalue weighted by Gasteiger charge is -2.27. The van der Waals surface area contributed by atoms with Gasteiger partial charge in [-0.05, 0) is 26.5 Å². The number of ether oxygens (including phenoxy) is 1. The first-order valence-electron chi connectivity index (χ1n) is 5.91. The van der Waals surface area contributed by atoms with Crippen LogP contribution in [0.4, 0.5) is 0 Å². The summed E-state index contributed by atoms with van der Waals surface area (Å²) in [4.78, 5) is 13.4. The quantitative estimate of drug-likeness (QED) is 0.730. The summed E-state index contributed by atoms with van der Waals surface area (Å²) in [7, 11) is 2.02. The standard InChI is InChI=1S/C13H19NO3/c1-11-12(3-5-17-11)7-14(2)8-13(9-15)4-6-16-10-13/h3,5,9H,4,6-8,10H2,1-2H3. The van der Waals surface area contributed by atoms with Crippen LogP contribution >= 0.6 is 0 Å². The molecule has 0 bridgehead atoms. The lowest BCUT2D eigenvalue weighted by Crippen LogP contribution is -2.37. The van der Waals surface area contributed by atoms with Gasteiger partial charge in [0.15, 0.2) is 0 Å². The highest BCUT2D eigenvalue weighted by atomic mass is 16.5. The second kappa shape index (κ2) is 5.02. The Kier molecular flexibility index (Phi) is 3.64. The van der Waals surface area contributed by atoms with Crippen LogP contribution in [0.3, 0.4) is 0 Å². The lowest BCUT2D eigenvalue weighted by atomic mass is 9.88. The number of carbonyl (C=O) groups excluding carboxylic acids is 1. The van der Waals surface area contributed by atoms with Crippen molar-refractivity contribution in [2.45, 2.75) is 19.9 Å². The number of carbonyl (C=O) groups is 1. The largest absolute Gasteiger partial charge is 0.469 e. The molecule has 1 aliphatic heterocycles. The fourth-order valence-electron chi connectivity index (χ4n) is 2.34. The summed E-state index contributed by atoms with van der Waals surface area (Å²) in [6, 6.07) is 1.98. The minimum atomic E-state index is -0.313. The van der Waals surface area contributed by atoms with Crippen LogP contribution in [-0.4, -0.2) is 38.0 Å². The van der Waals surface area contributed by atoms with Gasteiger partial charge in [-0.3, -0.25) is 0 Å². The Morgan fingerprint density at radius 3 is 2.94 bits per heavy atom. The van der Waals surface area contributed by atoms with E-state index in [-0.39, 0.29) is 5.41 Å². The Morgan fingerprint density at radius 2 is 2.41 bits per heavy atom. The predicted molar refractivity (Wildman–Crippen MR) is 63.7 cm³/mol. The van der Waals surface area contributed by atoms with E-state index in [0.717, 1.165) is 31.6 Å². The molecule has 17 heavy (non-hydrogen) atoms. The van der Waals surface area contributed by atoms with E-state index in [4.69, 9.17) is 9.15 Å². The van der Waals surface area contributed by atoms with E-state index in [1.165, 1.54) is 5.56 Å². The van der Waals surface area contributed by atoms with E-state index in [0.29, 0.717) is 13.2 Å². The topological polar surface area (TPSA) is 42.7 Å². The van der Waals surface area contributed by atoms with Crippen LogP contribution in [0.25, 0.3) is 0 Å². The highest BCUT2D eigenvalue weighted by Gasteiger charge is 2.35. The number of hydrogen-bond donors (Lipinski definition) is 0. The molecule has 0 saturated carbocycles. The van der Waals surface area contributed by atoms with Gasteiger partial charge in [0.1, 0.15) is 12.0 Å². The molecule has 1 fully saturated rings. The van der Waals surface area contributed by atoms with Crippen molar-refractivity contribution in [2.24, 2.45) is 5.41 Å². The minimum Gasteiger partial charge on any atom is -0.469 e. The Labute approximate surface area is 102 Å². The smallest absolute Gasteiger partial charge is 0.129 e. The lowest BCUT2D eigenvalue weighted by molar-refractivity contribution is -0.117. The molecule has 0 N–H and O–H groups in total. The molecular weight excluding hydrogens is 218 g/mol. The van der Waals surface area contributed by atoms with E-state index in [2.05, 4.69) is 4.90 Å². The van der Waals surface area contributed by atoms with Crippen LogP contribution < -0.4 is 0 Å². The maximum absolute atomic E-state index is 11.2. The van der Waals surface area contributed by atoms with Crippen molar-refractivity contribution in [1.82, 2.24) is 4.90 Å². The molecule has 94 valence electrons. The van der Waals surface area contributed by atoms with Crippen LogP contribution in [0.2, 0.25) is 0 Å². The average Bonchev–Trinajstić information content (AvgIpc) is 2.90. The van der Waals surface area contributed by atoms with Crippen molar-refractivity contribution in [3.05, 3.63) is 23.7 Å². The molecule has 2 heterocycles. The van der Waals surface area contributed by atoms with Crippen LogP contribution in [0, 0.1) is 12.3 Å². The minimum absolute atomic E-state index is 0.313. The maximum atomic E-state index is 11.2. The van der Waals surface area contributed by atoms with Gasteiger partial charge in [0.2, 0.25) is 0 Å². The summed E-state index contributed by atoms with van der Waals surface area (Å²) in [5.41, 5.74) is 0.860. The third-order valence-electron chi connectivity index (χ3n) is 3.38. The Hall–Kier alpha value is -1.13. The van der Waals surface area contributed by atoms with Gasteiger partial charge in [0.05, 0.1) is 18.3 Å². The molecule has 1 aliphatic rings. The SMILES string of the molecule is Cc1occc1CN(C)CC1(C=O)CCOC1. The first kappa shape index (κ1) is 12.3. The third kappa shape index (κ3) is 2.76. The van der Waals surface area contributed by atoms with E-state index in [9.17, 15) is 4.79 Å². The van der Waals surface area contributed by atoms with Crippen molar-refractivity contribution in [2.75, 3.05) is 26.8 Å². The van der Waals surface area contributed by atoms with Gasteiger partial charge >= 0.3 is 0 Å². The van der Waals surface area contributed by atoms with E-state index >= 15 is 0 Å². The molecule has 0 spiro atoms. The average molecular weight is 237 g/mol. The summed E-state index contributed by atoms with van der Waals surface area (Å²) < 4.78 is 10.6. The second-order valence-electron chi connectivity index (χ2n) is 4.96. The zero-order chi connectivity index (χ0) is 12.3. The number of rotatable bonds is 5. The first-order valence-corrected chi connectivity index (χ1v) is 5.91. The molecule has 1 saturated heterocycles. The molecule has 0 aromatic carbocycles. The fourth-order valence-corrected chi connectivity index (χ4v) is 2.34. The van der Waals surface area contributed by atoms with E-state index < -0.39 is 0 Å². The number of hydrogen-bond acceptors (Lipinski definition) is 4. The molecule has 0 radical (unpaired) electrons. The molecule has 4 nitrogen and oxygen atoms in total. The van der Waals surface area contributed by atoms with Gasteiger partial charge < -0.3 is 18.8 Å². The molecule has 1 aromatic heterocycles. The molecule has 0 aliphatic carbocycles. The van der Waals surface area contributed by atoms with Gasteiger partial charge in [0, 0.05) is 25.3 Å². The number of nitrogens with zero attached hydrogens (tertiary/aromatic N) is 1. The van der Waals surface area contributed by atoms with Gasteiger partial charge in [-0.1, -0.05) is 0 Å². The molecule has 1 aromatic rings. The van der Waals surface area contributed by atoms with Crippen molar-refractivity contribution < 1.29 is 13.9 Å². The molecule has 2 rings (SSSR count). The normalized spacial score (nSPS) is 24.4. The number of aldehydes is 1. The van der Waals surface area contributed by atoms with Gasteiger partial charge in [-0.15, -0.1) is 0 Å². The van der Waals surface area contributed by atoms with Gasteiger partial charge in [-0.2, -0.15) is 0 Å². The van der Waals surface area contributed by atoms with Crippen LogP contribution in [0.1, 0.15) is 17.7 Å². The van der Waals surface area contributed by atoms with Gasteiger partial charge in [-0.25, -0.2) is 0 Å². The molecule has 0 amide bonds. The monoisotopic (exact) mass is 237 g/mol. The van der Waals surface area contributed by atoms with E-state index in [1.54, 1.807) is 6.26 Å². The van der Waals surface area contributed by atoms with Crippen molar-refractivity contribution >= 4 is 6.29 Å². The molecule has 4 heteroatoms. The summed E-state index contributed by atoms with van der Waals surface area (Å²) in [5, 5.41) is 0. The fraction of sp³-hybridized carbons (Fsp3) is 0.615. The van der Waals surface area contributed by atoms with Crippen LogP contribution in [-0.2, 0) is 16.1 Å². The third-order valence-corrected chi connectivity index (χ3v) is 3.38. The maximum Gasteiger partial charge on any atom is 0.129 e. The van der Waals surface area contributed by atoms with E-state index in [1.807, 2.05) is 20.0 Å². The summed E-state index contributed by atoms with van der Waals surface area (Å²) in [5.74, 6) is 0.944. The summed E-state index contributed by atoms with van der Waals surface area (Å²) in [6.07, 6.45) is 3.58. The summed E-state index contributed by atoms with van der Waals surface area (Å²) in [6.45, 7) is 4.74. The molecule has 1 unspecified atom stereocenters. The molecule has 1 atom stereocenters. The first-order chi connectivity index (χ1) is 8.15. The Bertz CT molecular complexity index is 380. The van der Waals surface area contributed by atoms with Crippen LogP contribution in [0.5, 0.6) is 0 Å². The zero-order valence-corrected chi connectivity index (χ0v) is 10.4. The predicted octanol–water partition coefficient (Wildman–Crippen LogP) is 1.63. The van der Waals surface area contributed by atoms with Crippen molar-refractivity contribution in [3.63, 3.8) is 0 Å². The Balaban J connectivity index is 1.94. The molecular formula is C13H19NO3. The van der Waals surface area contributed by atoms with Gasteiger partial charge in [0.25, 0.3) is 0 Å².